The fraction of sp³-hybridized carbons (Fsp3) is 0.385. The van der Waals surface area contributed by atoms with Gasteiger partial charge in [0.05, 0.1) is 11.6 Å². The lowest BCUT2D eigenvalue weighted by Gasteiger charge is -2.21. The first-order chi connectivity index (χ1) is 9.47. The molecule has 2 rings (SSSR count). The quantitative estimate of drug-likeness (QED) is 0.647. The first-order valence-electron chi connectivity index (χ1n) is 6.11. The lowest BCUT2D eigenvalue weighted by molar-refractivity contribution is -0.134. The lowest BCUT2D eigenvalue weighted by atomic mass is 9.90. The van der Waals surface area contributed by atoms with Crippen molar-refractivity contribution in [1.82, 2.24) is 5.32 Å². The minimum Gasteiger partial charge on any atom is -0.485 e. The Labute approximate surface area is 114 Å². The van der Waals surface area contributed by atoms with Crippen molar-refractivity contribution in [3.8, 4) is 5.75 Å². The Morgan fingerprint density at radius 3 is 2.75 bits per heavy atom. The molecule has 1 unspecified atom stereocenters. The second kappa shape index (κ2) is 5.85. The molecule has 20 heavy (non-hydrogen) atoms. The number of benzene rings is 1. The smallest absolute Gasteiger partial charge is 0.272 e. The van der Waals surface area contributed by atoms with Gasteiger partial charge in [-0.3, -0.25) is 14.9 Å². The van der Waals surface area contributed by atoms with Crippen molar-refractivity contribution in [3.05, 3.63) is 23.8 Å². The van der Waals surface area contributed by atoms with E-state index < -0.39 is 19.0 Å². The number of piperidine rings is 1. The van der Waals surface area contributed by atoms with Crippen LogP contribution in [0.25, 0.3) is 0 Å². The predicted molar refractivity (Wildman–Crippen MR) is 67.5 cm³/mol. The highest BCUT2D eigenvalue weighted by molar-refractivity contribution is 6.01. The van der Waals surface area contributed by atoms with Crippen molar-refractivity contribution in [2.75, 3.05) is 12.3 Å². The van der Waals surface area contributed by atoms with Gasteiger partial charge in [-0.25, -0.2) is 8.78 Å². The number of nitrogens with two attached hydrogens (primary N) is 1. The van der Waals surface area contributed by atoms with Crippen molar-refractivity contribution in [1.29, 1.82) is 0 Å². The highest BCUT2D eigenvalue weighted by Crippen LogP contribution is 2.30. The summed E-state index contributed by atoms with van der Waals surface area (Å²) in [4.78, 5) is 22.8. The molecule has 2 amide bonds. The standard InChI is InChI=1S/C13H14F2N2O3/c14-11(15)6-20-10-3-1-7(5-9(10)16)8-2-4-12(18)17-13(8)19/h1,3,5,8,11H,2,4,6,16H2,(H,17,18,19). The summed E-state index contributed by atoms with van der Waals surface area (Å²) < 4.78 is 29.0. The number of anilines is 1. The molecule has 1 atom stereocenters. The first-order valence-corrected chi connectivity index (χ1v) is 6.11. The molecule has 7 heteroatoms. The number of carbonyl (C=O) groups is 2. The number of hydrogen-bond acceptors (Lipinski definition) is 4. The SMILES string of the molecule is Nc1cc(C2CCC(=O)NC2=O)ccc1OCC(F)F. The van der Waals surface area contributed by atoms with Gasteiger partial charge in [-0.05, 0) is 24.1 Å². The third kappa shape index (κ3) is 3.23. The summed E-state index contributed by atoms with van der Waals surface area (Å²) in [7, 11) is 0. The highest BCUT2D eigenvalue weighted by atomic mass is 19.3. The molecular weight excluding hydrogens is 270 g/mol. The number of hydrogen-bond donors (Lipinski definition) is 2. The Balaban J connectivity index is 2.12. The Bertz CT molecular complexity index is 534. The molecule has 1 fully saturated rings. The predicted octanol–water partition coefficient (Wildman–Crippen LogP) is 1.43. The van der Waals surface area contributed by atoms with Gasteiger partial charge < -0.3 is 10.5 Å². The first kappa shape index (κ1) is 14.2. The summed E-state index contributed by atoms with van der Waals surface area (Å²) in [6.45, 7) is -0.734. The summed E-state index contributed by atoms with van der Waals surface area (Å²) >= 11 is 0. The van der Waals surface area contributed by atoms with Crippen LogP contribution in [0.15, 0.2) is 18.2 Å². The molecule has 0 aliphatic carbocycles. The zero-order chi connectivity index (χ0) is 14.7. The third-order valence-corrected chi connectivity index (χ3v) is 3.04. The minimum absolute atomic E-state index is 0.154. The van der Waals surface area contributed by atoms with E-state index in [1.165, 1.54) is 12.1 Å². The number of alkyl halides is 2. The van der Waals surface area contributed by atoms with Crippen LogP contribution in [0, 0.1) is 0 Å². The lowest BCUT2D eigenvalue weighted by Crippen LogP contribution is -2.39. The molecule has 3 N–H and O–H groups in total. The number of carbonyl (C=O) groups excluding carboxylic acids is 2. The maximum absolute atomic E-state index is 12.1. The summed E-state index contributed by atoms with van der Waals surface area (Å²) in [5.74, 6) is -0.974. The van der Waals surface area contributed by atoms with E-state index in [9.17, 15) is 18.4 Å². The van der Waals surface area contributed by atoms with E-state index >= 15 is 0 Å². The number of amides is 2. The van der Waals surface area contributed by atoms with E-state index in [1.54, 1.807) is 6.07 Å². The monoisotopic (exact) mass is 284 g/mol. The largest absolute Gasteiger partial charge is 0.485 e. The van der Waals surface area contributed by atoms with Crippen LogP contribution in [0.5, 0.6) is 5.75 Å². The second-order valence-corrected chi connectivity index (χ2v) is 4.50. The molecular formula is C13H14F2N2O3. The van der Waals surface area contributed by atoms with E-state index in [-0.39, 0.29) is 29.7 Å². The Kier molecular flexibility index (Phi) is 4.16. The molecule has 0 aromatic heterocycles. The average molecular weight is 284 g/mol. The molecule has 5 nitrogen and oxygen atoms in total. The molecule has 0 radical (unpaired) electrons. The summed E-state index contributed by atoms with van der Waals surface area (Å²) in [6, 6.07) is 4.56. The minimum atomic E-state index is -2.58. The van der Waals surface area contributed by atoms with E-state index in [2.05, 4.69) is 5.32 Å². The van der Waals surface area contributed by atoms with Crippen LogP contribution >= 0.6 is 0 Å². The Hall–Kier alpha value is -2.18. The van der Waals surface area contributed by atoms with Crippen molar-refractivity contribution in [2.45, 2.75) is 25.2 Å². The molecule has 108 valence electrons. The van der Waals surface area contributed by atoms with Crippen molar-refractivity contribution in [2.24, 2.45) is 0 Å². The highest BCUT2D eigenvalue weighted by Gasteiger charge is 2.28. The van der Waals surface area contributed by atoms with Gasteiger partial charge in [0.15, 0.2) is 0 Å². The van der Waals surface area contributed by atoms with Gasteiger partial charge in [0.2, 0.25) is 11.8 Å². The maximum atomic E-state index is 12.1. The van der Waals surface area contributed by atoms with Gasteiger partial charge in [-0.2, -0.15) is 0 Å². The Morgan fingerprint density at radius 2 is 2.15 bits per heavy atom. The zero-order valence-corrected chi connectivity index (χ0v) is 10.6. The molecule has 1 aliphatic rings. The molecule has 0 spiro atoms. The molecule has 0 bridgehead atoms. The van der Waals surface area contributed by atoms with Crippen molar-refractivity contribution >= 4 is 17.5 Å². The average Bonchev–Trinajstić information content (AvgIpc) is 2.37. The number of nitrogens with one attached hydrogen (secondary N) is 1. The van der Waals surface area contributed by atoms with Gasteiger partial charge in [0, 0.05) is 6.42 Å². The van der Waals surface area contributed by atoms with Crippen LogP contribution < -0.4 is 15.8 Å². The van der Waals surface area contributed by atoms with Crippen molar-refractivity contribution in [3.63, 3.8) is 0 Å². The summed E-state index contributed by atoms with van der Waals surface area (Å²) in [6.07, 6.45) is -1.91. The van der Waals surface area contributed by atoms with E-state index in [1.807, 2.05) is 0 Å². The fourth-order valence-electron chi connectivity index (χ4n) is 2.08. The molecule has 1 heterocycles. The zero-order valence-electron chi connectivity index (χ0n) is 10.6. The normalized spacial score (nSPS) is 19.1. The van der Waals surface area contributed by atoms with E-state index in [0.29, 0.717) is 12.0 Å². The fourth-order valence-corrected chi connectivity index (χ4v) is 2.08. The van der Waals surface area contributed by atoms with Gasteiger partial charge in [-0.1, -0.05) is 6.07 Å². The molecule has 1 saturated heterocycles. The molecule has 1 aromatic rings. The van der Waals surface area contributed by atoms with E-state index in [4.69, 9.17) is 10.5 Å². The number of rotatable bonds is 4. The summed E-state index contributed by atoms with van der Waals surface area (Å²) in [5, 5.41) is 2.25. The molecule has 1 aliphatic heterocycles. The number of halogens is 2. The van der Waals surface area contributed by atoms with Gasteiger partial charge in [0.25, 0.3) is 6.43 Å². The third-order valence-electron chi connectivity index (χ3n) is 3.04. The molecule has 0 saturated carbocycles. The van der Waals surface area contributed by atoms with Crippen molar-refractivity contribution < 1.29 is 23.1 Å². The number of ether oxygens (including phenoxy) is 1. The van der Waals surface area contributed by atoms with E-state index in [0.717, 1.165) is 0 Å². The van der Waals surface area contributed by atoms with Crippen LogP contribution in [-0.2, 0) is 9.59 Å². The maximum Gasteiger partial charge on any atom is 0.272 e. The van der Waals surface area contributed by atoms with Crippen LogP contribution in [0.3, 0.4) is 0 Å². The topological polar surface area (TPSA) is 81.4 Å². The summed E-state index contributed by atoms with van der Waals surface area (Å²) in [5.41, 5.74) is 6.54. The van der Waals surface area contributed by atoms with Crippen LogP contribution in [0.2, 0.25) is 0 Å². The number of imide groups is 1. The number of nitrogen functional groups attached to an aromatic ring is 1. The molecule has 1 aromatic carbocycles. The van der Waals surface area contributed by atoms with Crippen LogP contribution in [-0.4, -0.2) is 24.8 Å². The van der Waals surface area contributed by atoms with Crippen LogP contribution in [0.4, 0.5) is 14.5 Å². The van der Waals surface area contributed by atoms with Gasteiger partial charge >= 0.3 is 0 Å². The van der Waals surface area contributed by atoms with Crippen LogP contribution in [0.1, 0.15) is 24.3 Å². The Morgan fingerprint density at radius 1 is 1.40 bits per heavy atom. The van der Waals surface area contributed by atoms with Gasteiger partial charge in [0.1, 0.15) is 12.4 Å². The van der Waals surface area contributed by atoms with Gasteiger partial charge in [-0.15, -0.1) is 0 Å². The second-order valence-electron chi connectivity index (χ2n) is 4.50.